The third kappa shape index (κ3) is 4.64. The topological polar surface area (TPSA) is 26.3 Å². The number of unbranched alkanes of at least 4 members (excludes halogenated alkanes) is 1. The first kappa shape index (κ1) is 11.5. The highest BCUT2D eigenvalue weighted by atomic mass is 16.5. The predicted molar refractivity (Wildman–Crippen MR) is 57.1 cm³/mol. The molecule has 1 fully saturated rings. The number of carbonyl (C=O) groups is 1. The van der Waals surface area contributed by atoms with Gasteiger partial charge >= 0.3 is 5.97 Å². The molecule has 0 heterocycles. The minimum atomic E-state index is 0.0188. The molecule has 1 aliphatic carbocycles. The molecular weight excluding hydrogens is 176 g/mol. The normalized spacial score (nSPS) is 18.1. The SMILES string of the molecule is CCCCOC(=O)CC1CCCCC1. The van der Waals surface area contributed by atoms with Crippen molar-refractivity contribution in [1.82, 2.24) is 0 Å². The summed E-state index contributed by atoms with van der Waals surface area (Å²) in [7, 11) is 0. The molecule has 0 aromatic rings. The average molecular weight is 198 g/mol. The van der Waals surface area contributed by atoms with Crippen LogP contribution < -0.4 is 0 Å². The van der Waals surface area contributed by atoms with Gasteiger partial charge in [-0.15, -0.1) is 0 Å². The lowest BCUT2D eigenvalue weighted by molar-refractivity contribution is -0.145. The molecule has 0 N–H and O–H groups in total. The molecule has 1 rings (SSSR count). The van der Waals surface area contributed by atoms with Crippen LogP contribution in [0.1, 0.15) is 58.3 Å². The Kier molecular flexibility index (Phi) is 5.65. The van der Waals surface area contributed by atoms with Crippen molar-refractivity contribution in [2.75, 3.05) is 6.61 Å². The predicted octanol–water partition coefficient (Wildman–Crippen LogP) is 3.30. The fourth-order valence-electron chi connectivity index (χ4n) is 2.02. The van der Waals surface area contributed by atoms with Crippen molar-refractivity contribution in [3.8, 4) is 0 Å². The van der Waals surface area contributed by atoms with Crippen molar-refractivity contribution in [3.05, 3.63) is 0 Å². The molecule has 0 bridgehead atoms. The molecule has 14 heavy (non-hydrogen) atoms. The maximum absolute atomic E-state index is 11.4. The van der Waals surface area contributed by atoms with Gasteiger partial charge in [0.2, 0.25) is 0 Å². The Balaban J connectivity index is 2.06. The van der Waals surface area contributed by atoms with Gasteiger partial charge in [-0.25, -0.2) is 0 Å². The number of rotatable bonds is 5. The van der Waals surface area contributed by atoms with E-state index in [-0.39, 0.29) is 5.97 Å². The van der Waals surface area contributed by atoms with E-state index < -0.39 is 0 Å². The molecule has 82 valence electrons. The Morgan fingerprint density at radius 1 is 1.29 bits per heavy atom. The van der Waals surface area contributed by atoms with Gasteiger partial charge in [-0.1, -0.05) is 32.6 Å². The Morgan fingerprint density at radius 3 is 2.64 bits per heavy atom. The lowest BCUT2D eigenvalue weighted by Gasteiger charge is -2.20. The first-order chi connectivity index (χ1) is 6.83. The summed E-state index contributed by atoms with van der Waals surface area (Å²) in [5.41, 5.74) is 0. The van der Waals surface area contributed by atoms with E-state index in [0.717, 1.165) is 12.8 Å². The quantitative estimate of drug-likeness (QED) is 0.500. The van der Waals surface area contributed by atoms with Gasteiger partial charge in [-0.3, -0.25) is 4.79 Å². The van der Waals surface area contributed by atoms with E-state index in [4.69, 9.17) is 4.74 Å². The van der Waals surface area contributed by atoms with Crippen LogP contribution in [0.25, 0.3) is 0 Å². The second kappa shape index (κ2) is 6.86. The Labute approximate surface area is 87.0 Å². The molecule has 0 saturated heterocycles. The molecule has 1 saturated carbocycles. The van der Waals surface area contributed by atoms with Gasteiger partial charge in [0.25, 0.3) is 0 Å². The van der Waals surface area contributed by atoms with Gasteiger partial charge in [-0.2, -0.15) is 0 Å². The van der Waals surface area contributed by atoms with Gasteiger partial charge in [0.15, 0.2) is 0 Å². The van der Waals surface area contributed by atoms with E-state index in [1.165, 1.54) is 32.1 Å². The third-order valence-electron chi connectivity index (χ3n) is 2.94. The first-order valence-corrected chi connectivity index (χ1v) is 5.98. The van der Waals surface area contributed by atoms with Crippen molar-refractivity contribution >= 4 is 5.97 Å². The fourth-order valence-corrected chi connectivity index (χ4v) is 2.02. The first-order valence-electron chi connectivity index (χ1n) is 5.98. The molecule has 2 heteroatoms. The summed E-state index contributed by atoms with van der Waals surface area (Å²) >= 11 is 0. The van der Waals surface area contributed by atoms with E-state index in [1.807, 2.05) is 0 Å². The van der Waals surface area contributed by atoms with Crippen molar-refractivity contribution < 1.29 is 9.53 Å². The number of carbonyl (C=O) groups excluding carboxylic acids is 1. The average Bonchev–Trinajstić information content (AvgIpc) is 2.20. The van der Waals surface area contributed by atoms with Gasteiger partial charge in [0, 0.05) is 6.42 Å². The van der Waals surface area contributed by atoms with Gasteiger partial charge in [-0.05, 0) is 25.2 Å². The van der Waals surface area contributed by atoms with Crippen molar-refractivity contribution in [2.45, 2.75) is 58.3 Å². The zero-order valence-electron chi connectivity index (χ0n) is 9.26. The number of ether oxygens (including phenoxy) is 1. The summed E-state index contributed by atoms with van der Waals surface area (Å²) in [6.45, 7) is 2.72. The number of esters is 1. The monoisotopic (exact) mass is 198 g/mol. The highest BCUT2D eigenvalue weighted by Gasteiger charge is 2.17. The summed E-state index contributed by atoms with van der Waals surface area (Å²) in [4.78, 5) is 11.4. The van der Waals surface area contributed by atoms with Gasteiger partial charge < -0.3 is 4.74 Å². The van der Waals surface area contributed by atoms with Crippen LogP contribution in [-0.4, -0.2) is 12.6 Å². The highest BCUT2D eigenvalue weighted by molar-refractivity contribution is 5.69. The van der Waals surface area contributed by atoms with E-state index in [2.05, 4.69) is 6.92 Å². The number of hydrogen-bond acceptors (Lipinski definition) is 2. The van der Waals surface area contributed by atoms with Crippen LogP contribution in [0.4, 0.5) is 0 Å². The minimum absolute atomic E-state index is 0.0188. The van der Waals surface area contributed by atoms with Crippen molar-refractivity contribution in [2.24, 2.45) is 5.92 Å². The molecule has 0 aromatic heterocycles. The zero-order valence-corrected chi connectivity index (χ0v) is 9.26. The zero-order chi connectivity index (χ0) is 10.2. The summed E-state index contributed by atoms with van der Waals surface area (Å²) in [6, 6.07) is 0. The molecule has 0 aliphatic heterocycles. The molecule has 0 radical (unpaired) electrons. The van der Waals surface area contributed by atoms with Crippen LogP contribution in [0.2, 0.25) is 0 Å². The van der Waals surface area contributed by atoms with Crippen molar-refractivity contribution in [3.63, 3.8) is 0 Å². The maximum Gasteiger partial charge on any atom is 0.306 e. The Hall–Kier alpha value is -0.530. The minimum Gasteiger partial charge on any atom is -0.466 e. The van der Waals surface area contributed by atoms with Crippen LogP contribution in [0.5, 0.6) is 0 Å². The van der Waals surface area contributed by atoms with Crippen LogP contribution >= 0.6 is 0 Å². The molecular formula is C12H22O2. The lowest BCUT2D eigenvalue weighted by atomic mass is 9.87. The largest absolute Gasteiger partial charge is 0.466 e. The Morgan fingerprint density at radius 2 is 2.00 bits per heavy atom. The Bertz CT molecular complexity index is 160. The van der Waals surface area contributed by atoms with Crippen molar-refractivity contribution in [1.29, 1.82) is 0 Å². The summed E-state index contributed by atoms with van der Waals surface area (Å²) in [5, 5.41) is 0. The van der Waals surface area contributed by atoms with Gasteiger partial charge in [0.05, 0.1) is 6.61 Å². The molecule has 2 nitrogen and oxygen atoms in total. The van der Waals surface area contributed by atoms with Crippen LogP contribution in [0.3, 0.4) is 0 Å². The standard InChI is InChI=1S/C12H22O2/c1-2-3-9-14-12(13)10-11-7-5-4-6-8-11/h11H,2-10H2,1H3. The maximum atomic E-state index is 11.4. The second-order valence-electron chi connectivity index (χ2n) is 4.28. The fraction of sp³-hybridized carbons (Fsp3) is 0.917. The molecule has 0 aromatic carbocycles. The van der Waals surface area contributed by atoms with E-state index in [0.29, 0.717) is 18.9 Å². The van der Waals surface area contributed by atoms with E-state index in [1.54, 1.807) is 0 Å². The van der Waals surface area contributed by atoms with Crippen LogP contribution in [-0.2, 0) is 9.53 Å². The summed E-state index contributed by atoms with van der Waals surface area (Å²) in [6.07, 6.45) is 9.14. The molecule has 1 aliphatic rings. The molecule has 0 atom stereocenters. The summed E-state index contributed by atoms with van der Waals surface area (Å²) in [5.74, 6) is 0.628. The van der Waals surface area contributed by atoms with E-state index >= 15 is 0 Å². The second-order valence-corrected chi connectivity index (χ2v) is 4.28. The third-order valence-corrected chi connectivity index (χ3v) is 2.94. The van der Waals surface area contributed by atoms with Crippen LogP contribution in [0, 0.1) is 5.92 Å². The molecule has 0 unspecified atom stereocenters. The summed E-state index contributed by atoms with van der Waals surface area (Å²) < 4.78 is 5.15. The van der Waals surface area contributed by atoms with Crippen LogP contribution in [0.15, 0.2) is 0 Å². The van der Waals surface area contributed by atoms with E-state index in [9.17, 15) is 4.79 Å². The van der Waals surface area contributed by atoms with Gasteiger partial charge in [0.1, 0.15) is 0 Å². The molecule has 0 amide bonds. The molecule has 0 spiro atoms. The number of hydrogen-bond donors (Lipinski definition) is 0. The highest BCUT2D eigenvalue weighted by Crippen LogP contribution is 2.26. The lowest BCUT2D eigenvalue weighted by Crippen LogP contribution is -2.14. The smallest absolute Gasteiger partial charge is 0.306 e.